The summed E-state index contributed by atoms with van der Waals surface area (Å²) in [7, 11) is 0. The average molecular weight is 306 g/mol. The van der Waals surface area contributed by atoms with Crippen molar-refractivity contribution in [2.24, 2.45) is 5.92 Å². The van der Waals surface area contributed by atoms with Crippen LogP contribution < -0.4 is 10.6 Å². The highest BCUT2D eigenvalue weighted by molar-refractivity contribution is 7.80. The van der Waals surface area contributed by atoms with Gasteiger partial charge in [-0.15, -0.1) is 0 Å². The van der Waals surface area contributed by atoms with E-state index in [1.807, 2.05) is 37.3 Å². The fourth-order valence-electron chi connectivity index (χ4n) is 2.66. The van der Waals surface area contributed by atoms with E-state index < -0.39 is 0 Å². The lowest BCUT2D eigenvalue weighted by Crippen LogP contribution is -2.45. The Labute approximate surface area is 131 Å². The molecule has 2 rings (SSSR count). The van der Waals surface area contributed by atoms with Crippen LogP contribution in [0, 0.1) is 5.92 Å². The standard InChI is InChI=1S/C16H22N2O2S/c1-2-20-15(19)13-9-6-10-14(13)18-16(21)17-11-12-7-4-3-5-8-12/h3-5,7-8,13-14H,2,6,9-11H2,1H3,(H2,17,18,21)/t13-,14+/m1/s1. The summed E-state index contributed by atoms with van der Waals surface area (Å²) < 4.78 is 5.12. The fraction of sp³-hybridized carbons (Fsp3) is 0.500. The third-order valence-electron chi connectivity index (χ3n) is 3.72. The zero-order valence-corrected chi connectivity index (χ0v) is 13.1. The highest BCUT2D eigenvalue weighted by Gasteiger charge is 2.34. The van der Waals surface area contributed by atoms with E-state index in [-0.39, 0.29) is 17.9 Å². The van der Waals surface area contributed by atoms with Crippen LogP contribution in [-0.4, -0.2) is 23.7 Å². The molecule has 0 aliphatic heterocycles. The molecule has 1 fully saturated rings. The van der Waals surface area contributed by atoms with Gasteiger partial charge in [0.15, 0.2) is 5.11 Å². The third kappa shape index (κ3) is 4.70. The number of thiocarbonyl (C=S) groups is 1. The van der Waals surface area contributed by atoms with Crippen LogP contribution in [0.2, 0.25) is 0 Å². The van der Waals surface area contributed by atoms with Gasteiger partial charge in [0.05, 0.1) is 12.5 Å². The Morgan fingerprint density at radius 3 is 2.81 bits per heavy atom. The normalized spacial score (nSPS) is 20.8. The first-order chi connectivity index (χ1) is 10.2. The summed E-state index contributed by atoms with van der Waals surface area (Å²) >= 11 is 5.32. The van der Waals surface area contributed by atoms with E-state index in [2.05, 4.69) is 10.6 Å². The first-order valence-electron chi connectivity index (χ1n) is 7.45. The van der Waals surface area contributed by atoms with Crippen LogP contribution in [0.3, 0.4) is 0 Å². The molecule has 0 saturated heterocycles. The first-order valence-corrected chi connectivity index (χ1v) is 7.86. The predicted octanol–water partition coefficient (Wildman–Crippen LogP) is 2.38. The van der Waals surface area contributed by atoms with Gasteiger partial charge in [0.1, 0.15) is 0 Å². The summed E-state index contributed by atoms with van der Waals surface area (Å²) in [5.41, 5.74) is 1.18. The topological polar surface area (TPSA) is 50.4 Å². The van der Waals surface area contributed by atoms with Crippen molar-refractivity contribution in [2.45, 2.75) is 38.8 Å². The zero-order chi connectivity index (χ0) is 15.1. The highest BCUT2D eigenvalue weighted by atomic mass is 32.1. The molecule has 21 heavy (non-hydrogen) atoms. The van der Waals surface area contributed by atoms with Crippen LogP contribution in [0.25, 0.3) is 0 Å². The number of hydrogen-bond acceptors (Lipinski definition) is 3. The van der Waals surface area contributed by atoms with Gasteiger partial charge in [-0.05, 0) is 37.5 Å². The molecule has 2 atom stereocenters. The molecule has 5 heteroatoms. The molecule has 4 nitrogen and oxygen atoms in total. The van der Waals surface area contributed by atoms with Gasteiger partial charge in [-0.25, -0.2) is 0 Å². The molecule has 1 saturated carbocycles. The van der Waals surface area contributed by atoms with Gasteiger partial charge < -0.3 is 15.4 Å². The maximum atomic E-state index is 11.9. The Morgan fingerprint density at radius 1 is 1.33 bits per heavy atom. The number of carbonyl (C=O) groups excluding carboxylic acids is 1. The number of rotatable bonds is 5. The van der Waals surface area contributed by atoms with Gasteiger partial charge in [-0.1, -0.05) is 36.8 Å². The van der Waals surface area contributed by atoms with Crippen molar-refractivity contribution in [2.75, 3.05) is 6.61 Å². The second-order valence-electron chi connectivity index (χ2n) is 5.21. The summed E-state index contributed by atoms with van der Waals surface area (Å²) in [5, 5.41) is 7.04. The van der Waals surface area contributed by atoms with Crippen LogP contribution in [-0.2, 0) is 16.1 Å². The van der Waals surface area contributed by atoms with E-state index in [0.717, 1.165) is 19.3 Å². The van der Waals surface area contributed by atoms with Crippen LogP contribution in [0.4, 0.5) is 0 Å². The molecule has 1 aromatic carbocycles. The van der Waals surface area contributed by atoms with E-state index in [1.54, 1.807) is 0 Å². The van der Waals surface area contributed by atoms with Gasteiger partial charge in [0, 0.05) is 12.6 Å². The van der Waals surface area contributed by atoms with Crippen LogP contribution >= 0.6 is 12.2 Å². The second kappa shape index (κ2) is 7.98. The van der Waals surface area contributed by atoms with Crippen molar-refractivity contribution in [3.05, 3.63) is 35.9 Å². The molecule has 1 aliphatic rings. The largest absolute Gasteiger partial charge is 0.466 e. The smallest absolute Gasteiger partial charge is 0.311 e. The molecule has 0 spiro atoms. The van der Waals surface area contributed by atoms with Crippen molar-refractivity contribution in [1.29, 1.82) is 0 Å². The highest BCUT2D eigenvalue weighted by Crippen LogP contribution is 2.26. The van der Waals surface area contributed by atoms with Gasteiger partial charge in [-0.3, -0.25) is 4.79 Å². The maximum Gasteiger partial charge on any atom is 0.311 e. The predicted molar refractivity (Wildman–Crippen MR) is 86.8 cm³/mol. The molecule has 0 radical (unpaired) electrons. The Hall–Kier alpha value is -1.62. The summed E-state index contributed by atoms with van der Waals surface area (Å²) in [5.74, 6) is -0.195. The van der Waals surface area contributed by atoms with E-state index in [1.165, 1.54) is 5.56 Å². The van der Waals surface area contributed by atoms with Crippen molar-refractivity contribution in [3.8, 4) is 0 Å². The maximum absolute atomic E-state index is 11.9. The van der Waals surface area contributed by atoms with Crippen LogP contribution in [0.15, 0.2) is 30.3 Å². The minimum atomic E-state index is -0.113. The number of hydrogen-bond donors (Lipinski definition) is 2. The Balaban J connectivity index is 1.80. The number of benzene rings is 1. The number of carbonyl (C=O) groups is 1. The molecule has 1 aliphatic carbocycles. The minimum Gasteiger partial charge on any atom is -0.466 e. The fourth-order valence-corrected chi connectivity index (χ4v) is 2.89. The quantitative estimate of drug-likeness (QED) is 0.646. The van der Waals surface area contributed by atoms with Crippen molar-refractivity contribution in [1.82, 2.24) is 10.6 Å². The third-order valence-corrected chi connectivity index (χ3v) is 3.98. The molecular weight excluding hydrogens is 284 g/mol. The molecule has 0 unspecified atom stereocenters. The summed E-state index contributed by atoms with van der Waals surface area (Å²) in [4.78, 5) is 11.9. The SMILES string of the molecule is CCOC(=O)[C@@H]1CCC[C@@H]1NC(=S)NCc1ccccc1. The Morgan fingerprint density at radius 2 is 2.10 bits per heavy atom. The Bertz CT molecular complexity index is 478. The second-order valence-corrected chi connectivity index (χ2v) is 5.62. The average Bonchev–Trinajstić information content (AvgIpc) is 2.95. The zero-order valence-electron chi connectivity index (χ0n) is 12.3. The van der Waals surface area contributed by atoms with E-state index >= 15 is 0 Å². The molecule has 1 aromatic rings. The van der Waals surface area contributed by atoms with E-state index in [0.29, 0.717) is 18.3 Å². The molecule has 0 amide bonds. The minimum absolute atomic E-state index is 0.0820. The van der Waals surface area contributed by atoms with Gasteiger partial charge >= 0.3 is 5.97 Å². The van der Waals surface area contributed by atoms with E-state index in [4.69, 9.17) is 17.0 Å². The lowest BCUT2D eigenvalue weighted by Gasteiger charge is -2.21. The molecule has 0 heterocycles. The number of nitrogens with one attached hydrogen (secondary N) is 2. The number of esters is 1. The molecule has 0 bridgehead atoms. The van der Waals surface area contributed by atoms with Crippen LogP contribution in [0.1, 0.15) is 31.7 Å². The van der Waals surface area contributed by atoms with Gasteiger partial charge in [0.2, 0.25) is 0 Å². The lowest BCUT2D eigenvalue weighted by atomic mass is 10.0. The molecule has 0 aromatic heterocycles. The summed E-state index contributed by atoms with van der Waals surface area (Å²) in [6, 6.07) is 10.2. The summed E-state index contributed by atoms with van der Waals surface area (Å²) in [6.07, 6.45) is 2.86. The molecular formula is C16H22N2O2S. The first kappa shape index (κ1) is 15.8. The Kier molecular flexibility index (Phi) is 5.99. The van der Waals surface area contributed by atoms with Gasteiger partial charge in [-0.2, -0.15) is 0 Å². The van der Waals surface area contributed by atoms with Crippen LogP contribution in [0.5, 0.6) is 0 Å². The van der Waals surface area contributed by atoms with E-state index in [9.17, 15) is 4.79 Å². The number of ether oxygens (including phenoxy) is 1. The van der Waals surface area contributed by atoms with Gasteiger partial charge in [0.25, 0.3) is 0 Å². The van der Waals surface area contributed by atoms with Crippen molar-refractivity contribution in [3.63, 3.8) is 0 Å². The monoisotopic (exact) mass is 306 g/mol. The molecule has 114 valence electrons. The lowest BCUT2D eigenvalue weighted by molar-refractivity contribution is -0.148. The summed E-state index contributed by atoms with van der Waals surface area (Å²) in [6.45, 7) is 2.95. The van der Waals surface area contributed by atoms with Crippen molar-refractivity contribution >= 4 is 23.3 Å². The van der Waals surface area contributed by atoms with Crippen molar-refractivity contribution < 1.29 is 9.53 Å². The molecule has 2 N–H and O–H groups in total.